The van der Waals surface area contributed by atoms with Crippen molar-refractivity contribution in [2.75, 3.05) is 5.32 Å². The van der Waals surface area contributed by atoms with Crippen LogP contribution in [-0.4, -0.2) is 11.1 Å². The molecule has 0 aliphatic rings. The quantitative estimate of drug-likeness (QED) is 0.485. The number of aryl methyl sites for hydroxylation is 1. The number of hydrogen-bond donors (Lipinski definition) is 1. The van der Waals surface area contributed by atoms with Crippen LogP contribution in [0.5, 0.6) is 0 Å². The molecule has 0 bridgehead atoms. The molecule has 0 saturated carbocycles. The van der Waals surface area contributed by atoms with Crippen molar-refractivity contribution in [3.05, 3.63) is 82.6 Å². The molecule has 1 heterocycles. The fourth-order valence-electron chi connectivity index (χ4n) is 2.85. The van der Waals surface area contributed by atoms with Gasteiger partial charge in [-0.25, -0.2) is 4.39 Å². The molecule has 0 unspecified atom stereocenters. The predicted molar refractivity (Wildman–Crippen MR) is 104 cm³/mol. The van der Waals surface area contributed by atoms with Gasteiger partial charge in [0, 0.05) is 21.8 Å². The Bertz CT molecular complexity index is 1150. The molecule has 0 fully saturated rings. The molecule has 134 valence electrons. The van der Waals surface area contributed by atoms with Crippen LogP contribution in [0.4, 0.5) is 10.1 Å². The molecule has 0 atom stereocenters. The van der Waals surface area contributed by atoms with E-state index in [1.54, 1.807) is 43.3 Å². The number of amides is 1. The Labute approximate surface area is 159 Å². The van der Waals surface area contributed by atoms with Gasteiger partial charge >= 0.3 is 0 Å². The highest BCUT2D eigenvalue weighted by Gasteiger charge is 2.15. The zero-order valence-electron chi connectivity index (χ0n) is 14.3. The van der Waals surface area contributed by atoms with Crippen molar-refractivity contribution < 1.29 is 13.7 Å². The number of anilines is 1. The van der Waals surface area contributed by atoms with Gasteiger partial charge in [0.2, 0.25) is 0 Å². The van der Waals surface area contributed by atoms with Gasteiger partial charge in [-0.2, -0.15) is 0 Å². The monoisotopic (exact) mass is 380 g/mol. The van der Waals surface area contributed by atoms with Gasteiger partial charge in [-0.1, -0.05) is 16.8 Å². The number of carbonyl (C=O) groups is 1. The molecular weight excluding hydrogens is 367 g/mol. The fourth-order valence-corrected chi connectivity index (χ4v) is 2.98. The molecule has 4 aromatic rings. The Balaban J connectivity index is 1.69. The van der Waals surface area contributed by atoms with E-state index in [1.165, 1.54) is 12.1 Å². The SMILES string of the molecule is Cc1cc(F)ccc1NC(=O)c1ccc2noc(-c3ccc(Cl)cc3)c2c1. The highest BCUT2D eigenvalue weighted by Crippen LogP contribution is 2.30. The number of benzene rings is 3. The van der Waals surface area contributed by atoms with E-state index in [0.717, 1.165) is 10.9 Å². The summed E-state index contributed by atoms with van der Waals surface area (Å²) in [5, 5.41) is 8.19. The highest BCUT2D eigenvalue weighted by molar-refractivity contribution is 6.30. The number of fused-ring (bicyclic) bond motifs is 1. The number of hydrogen-bond acceptors (Lipinski definition) is 3. The Hall–Kier alpha value is -3.18. The molecule has 0 radical (unpaired) electrons. The van der Waals surface area contributed by atoms with E-state index in [2.05, 4.69) is 10.5 Å². The average Bonchev–Trinajstić information content (AvgIpc) is 3.08. The van der Waals surface area contributed by atoms with Crippen LogP contribution in [0.15, 0.2) is 65.2 Å². The summed E-state index contributed by atoms with van der Waals surface area (Å²) in [5.41, 5.74) is 3.12. The molecule has 1 aromatic heterocycles. The summed E-state index contributed by atoms with van der Waals surface area (Å²) >= 11 is 5.93. The van der Waals surface area contributed by atoms with Gasteiger partial charge in [-0.3, -0.25) is 4.79 Å². The zero-order valence-corrected chi connectivity index (χ0v) is 15.0. The van der Waals surface area contributed by atoms with Crippen molar-refractivity contribution in [2.45, 2.75) is 6.92 Å². The van der Waals surface area contributed by atoms with Gasteiger partial charge in [-0.05, 0) is 73.2 Å². The summed E-state index contributed by atoms with van der Waals surface area (Å²) in [7, 11) is 0. The lowest BCUT2D eigenvalue weighted by Gasteiger charge is -2.08. The molecule has 1 amide bonds. The maximum Gasteiger partial charge on any atom is 0.255 e. The molecule has 4 rings (SSSR count). The normalized spacial score (nSPS) is 10.9. The van der Waals surface area contributed by atoms with Crippen molar-refractivity contribution in [1.82, 2.24) is 5.16 Å². The first-order chi connectivity index (χ1) is 13.0. The molecular formula is C21H14ClFN2O2. The second-order valence-electron chi connectivity index (χ2n) is 6.16. The Morgan fingerprint density at radius 3 is 2.59 bits per heavy atom. The smallest absolute Gasteiger partial charge is 0.255 e. The lowest BCUT2D eigenvalue weighted by Crippen LogP contribution is -2.12. The van der Waals surface area contributed by atoms with Crippen molar-refractivity contribution in [2.24, 2.45) is 0 Å². The second kappa shape index (κ2) is 6.85. The molecule has 1 N–H and O–H groups in total. The first-order valence-electron chi connectivity index (χ1n) is 8.24. The van der Waals surface area contributed by atoms with Crippen LogP contribution in [0.3, 0.4) is 0 Å². The molecule has 0 aliphatic heterocycles. The minimum absolute atomic E-state index is 0.296. The molecule has 0 aliphatic carbocycles. The third-order valence-corrected chi connectivity index (χ3v) is 4.53. The first kappa shape index (κ1) is 17.2. The maximum absolute atomic E-state index is 13.2. The number of carbonyl (C=O) groups excluding carboxylic acids is 1. The Morgan fingerprint density at radius 2 is 1.85 bits per heavy atom. The van der Waals surface area contributed by atoms with Gasteiger partial charge in [0.05, 0.1) is 5.39 Å². The van der Waals surface area contributed by atoms with E-state index in [0.29, 0.717) is 33.1 Å². The number of aromatic nitrogens is 1. The molecule has 0 saturated heterocycles. The predicted octanol–water partition coefficient (Wildman–Crippen LogP) is 5.85. The summed E-state index contributed by atoms with van der Waals surface area (Å²) in [4.78, 5) is 12.6. The van der Waals surface area contributed by atoms with Crippen LogP contribution < -0.4 is 5.32 Å². The Kier molecular flexibility index (Phi) is 4.38. The van der Waals surface area contributed by atoms with Crippen LogP contribution in [0.25, 0.3) is 22.2 Å². The topological polar surface area (TPSA) is 55.1 Å². The number of nitrogens with one attached hydrogen (secondary N) is 1. The third kappa shape index (κ3) is 3.41. The van der Waals surface area contributed by atoms with Gasteiger partial charge in [0.15, 0.2) is 5.76 Å². The van der Waals surface area contributed by atoms with E-state index >= 15 is 0 Å². The molecule has 0 spiro atoms. The van der Waals surface area contributed by atoms with Crippen molar-refractivity contribution in [3.8, 4) is 11.3 Å². The average molecular weight is 381 g/mol. The van der Waals surface area contributed by atoms with Crippen molar-refractivity contribution in [3.63, 3.8) is 0 Å². The highest BCUT2D eigenvalue weighted by atomic mass is 35.5. The van der Waals surface area contributed by atoms with E-state index < -0.39 is 0 Å². The van der Waals surface area contributed by atoms with Crippen molar-refractivity contribution in [1.29, 1.82) is 0 Å². The lowest BCUT2D eigenvalue weighted by atomic mass is 10.1. The standard InChI is InChI=1S/C21H14ClFN2O2/c1-12-10-16(23)7-9-18(12)24-21(26)14-4-8-19-17(11-14)20(27-25-19)13-2-5-15(22)6-3-13/h2-11H,1H3,(H,24,26). The molecule has 4 nitrogen and oxygen atoms in total. The number of rotatable bonds is 3. The molecule has 27 heavy (non-hydrogen) atoms. The van der Waals surface area contributed by atoms with Crippen LogP contribution in [0, 0.1) is 12.7 Å². The summed E-state index contributed by atoms with van der Waals surface area (Å²) in [6.45, 7) is 1.74. The van der Waals surface area contributed by atoms with Gasteiger partial charge < -0.3 is 9.84 Å². The van der Waals surface area contributed by atoms with Gasteiger partial charge in [0.1, 0.15) is 11.3 Å². The Morgan fingerprint density at radius 1 is 1.07 bits per heavy atom. The molecule has 3 aromatic carbocycles. The summed E-state index contributed by atoms with van der Waals surface area (Å²) in [5.74, 6) is -0.0758. The maximum atomic E-state index is 13.2. The number of halogens is 2. The minimum Gasteiger partial charge on any atom is -0.355 e. The van der Waals surface area contributed by atoms with E-state index in [1.807, 2.05) is 12.1 Å². The summed E-state index contributed by atoms with van der Waals surface area (Å²) in [6.07, 6.45) is 0. The zero-order chi connectivity index (χ0) is 19.0. The third-order valence-electron chi connectivity index (χ3n) is 4.28. The van der Waals surface area contributed by atoms with E-state index in [-0.39, 0.29) is 11.7 Å². The lowest BCUT2D eigenvalue weighted by molar-refractivity contribution is 0.102. The van der Waals surface area contributed by atoms with Crippen molar-refractivity contribution >= 4 is 34.1 Å². The largest absolute Gasteiger partial charge is 0.355 e. The summed E-state index contributed by atoms with van der Waals surface area (Å²) < 4.78 is 18.7. The fraction of sp³-hybridized carbons (Fsp3) is 0.0476. The first-order valence-corrected chi connectivity index (χ1v) is 8.62. The van der Waals surface area contributed by atoms with Gasteiger partial charge in [-0.15, -0.1) is 0 Å². The van der Waals surface area contributed by atoms with Gasteiger partial charge in [0.25, 0.3) is 5.91 Å². The second-order valence-corrected chi connectivity index (χ2v) is 6.60. The van der Waals surface area contributed by atoms with Crippen LogP contribution in [0.2, 0.25) is 5.02 Å². The summed E-state index contributed by atoms with van der Waals surface area (Å²) in [6, 6.07) is 16.5. The van der Waals surface area contributed by atoms with Crippen LogP contribution in [-0.2, 0) is 0 Å². The van der Waals surface area contributed by atoms with E-state index in [4.69, 9.17) is 16.1 Å². The molecule has 6 heteroatoms. The minimum atomic E-state index is -0.344. The van der Waals surface area contributed by atoms with Crippen LogP contribution >= 0.6 is 11.6 Å². The van der Waals surface area contributed by atoms with Crippen LogP contribution in [0.1, 0.15) is 15.9 Å². The van der Waals surface area contributed by atoms with E-state index in [9.17, 15) is 9.18 Å². The number of nitrogens with zero attached hydrogens (tertiary/aromatic N) is 1.